The first-order chi connectivity index (χ1) is 11.7. The van der Waals surface area contributed by atoms with Gasteiger partial charge in [-0.2, -0.15) is 0 Å². The van der Waals surface area contributed by atoms with E-state index in [1.165, 1.54) is 36.3 Å². The molecule has 0 aromatic heterocycles. The smallest absolute Gasteiger partial charge is 0.0808 e. The van der Waals surface area contributed by atoms with Gasteiger partial charge in [-0.15, -0.1) is 0 Å². The first-order valence-corrected chi connectivity index (χ1v) is 11.3. The topological polar surface area (TPSA) is 0 Å². The second-order valence-corrected chi connectivity index (χ2v) is 10.4. The molecule has 0 amide bonds. The highest BCUT2D eigenvalue weighted by Gasteiger charge is 2.42. The molecular formula is C23H28P+. The standard InChI is InChI=1S/C23H28P/c1-3-4-12-20-13-11-18-23(19-20)24(2,21-14-7-5-8-15-21)22-16-9-6-10-17-22/h5-11,13-18,20H,3-4,12,19H2,1-2H3/q+1. The highest BCUT2D eigenvalue weighted by atomic mass is 31.2. The van der Waals surface area contributed by atoms with Crippen molar-refractivity contribution in [1.82, 2.24) is 0 Å². The van der Waals surface area contributed by atoms with Gasteiger partial charge in [-0.1, -0.05) is 68.3 Å². The molecule has 0 aliphatic heterocycles. The highest BCUT2D eigenvalue weighted by Crippen LogP contribution is 2.62. The van der Waals surface area contributed by atoms with Crippen LogP contribution >= 0.6 is 7.26 Å². The summed E-state index contributed by atoms with van der Waals surface area (Å²) >= 11 is 0. The van der Waals surface area contributed by atoms with Crippen LogP contribution in [0, 0.1) is 5.92 Å². The Morgan fingerprint density at radius 2 is 1.50 bits per heavy atom. The molecular weight excluding hydrogens is 307 g/mol. The average molecular weight is 335 g/mol. The van der Waals surface area contributed by atoms with E-state index in [-0.39, 0.29) is 0 Å². The fraction of sp³-hybridized carbons (Fsp3) is 0.304. The summed E-state index contributed by atoms with van der Waals surface area (Å²) in [5.41, 5.74) is 0. The van der Waals surface area contributed by atoms with Gasteiger partial charge in [0.15, 0.2) is 0 Å². The predicted molar refractivity (Wildman–Crippen MR) is 110 cm³/mol. The number of benzene rings is 2. The third-order valence-electron chi connectivity index (χ3n) is 5.19. The van der Waals surface area contributed by atoms with E-state index >= 15 is 0 Å². The van der Waals surface area contributed by atoms with Crippen molar-refractivity contribution in [2.24, 2.45) is 5.92 Å². The lowest BCUT2D eigenvalue weighted by molar-refractivity contribution is 0.554. The molecule has 1 aliphatic carbocycles. The van der Waals surface area contributed by atoms with E-state index in [9.17, 15) is 0 Å². The molecule has 2 aromatic rings. The molecule has 1 aliphatic rings. The van der Waals surface area contributed by atoms with Gasteiger partial charge in [0.1, 0.15) is 17.9 Å². The molecule has 0 fully saturated rings. The van der Waals surface area contributed by atoms with E-state index in [1.54, 1.807) is 5.31 Å². The zero-order chi connectivity index (χ0) is 16.8. The fourth-order valence-electron chi connectivity index (χ4n) is 3.66. The molecule has 1 atom stereocenters. The molecule has 0 saturated heterocycles. The highest BCUT2D eigenvalue weighted by molar-refractivity contribution is 7.92. The summed E-state index contributed by atoms with van der Waals surface area (Å²) in [6.45, 7) is 4.79. The van der Waals surface area contributed by atoms with Gasteiger partial charge < -0.3 is 0 Å². The number of allylic oxidation sites excluding steroid dienone is 4. The lowest BCUT2D eigenvalue weighted by Gasteiger charge is -2.29. The molecule has 1 unspecified atom stereocenters. The minimum atomic E-state index is -1.51. The van der Waals surface area contributed by atoms with Gasteiger partial charge in [-0.05, 0) is 42.7 Å². The molecule has 0 saturated carbocycles. The predicted octanol–water partition coefficient (Wildman–Crippen LogP) is 5.94. The van der Waals surface area contributed by atoms with Crippen molar-refractivity contribution in [3.63, 3.8) is 0 Å². The van der Waals surface area contributed by atoms with Crippen LogP contribution in [0.25, 0.3) is 0 Å². The Kier molecular flexibility index (Phi) is 5.69. The lowest BCUT2D eigenvalue weighted by Crippen LogP contribution is -2.24. The van der Waals surface area contributed by atoms with Crippen LogP contribution in [0.3, 0.4) is 0 Å². The summed E-state index contributed by atoms with van der Waals surface area (Å²) in [6.07, 6.45) is 12.3. The van der Waals surface area contributed by atoms with Crippen molar-refractivity contribution in [3.05, 3.63) is 84.2 Å². The van der Waals surface area contributed by atoms with Crippen molar-refractivity contribution in [2.75, 3.05) is 6.66 Å². The third kappa shape index (κ3) is 3.55. The van der Waals surface area contributed by atoms with Crippen molar-refractivity contribution in [3.8, 4) is 0 Å². The maximum Gasteiger partial charge on any atom is 0.104 e. The molecule has 0 radical (unpaired) electrons. The molecule has 0 nitrogen and oxygen atoms in total. The van der Waals surface area contributed by atoms with Crippen LogP contribution < -0.4 is 10.6 Å². The largest absolute Gasteiger partial charge is 0.104 e. The number of hydrogen-bond acceptors (Lipinski definition) is 0. The van der Waals surface area contributed by atoms with Crippen molar-refractivity contribution in [2.45, 2.75) is 32.6 Å². The van der Waals surface area contributed by atoms with E-state index in [0.717, 1.165) is 0 Å². The number of rotatable bonds is 6. The summed E-state index contributed by atoms with van der Waals surface area (Å²) < 4.78 is 0. The molecule has 24 heavy (non-hydrogen) atoms. The van der Waals surface area contributed by atoms with Gasteiger partial charge in [-0.25, -0.2) is 0 Å². The van der Waals surface area contributed by atoms with E-state index in [2.05, 4.69) is 92.5 Å². The number of unbranched alkanes of at least 4 members (excludes halogenated alkanes) is 1. The third-order valence-corrected chi connectivity index (χ3v) is 9.33. The maximum absolute atomic E-state index is 2.50. The second-order valence-electron chi connectivity index (χ2n) is 6.83. The van der Waals surface area contributed by atoms with Gasteiger partial charge in [0.05, 0.1) is 12.0 Å². The Morgan fingerprint density at radius 1 is 0.917 bits per heavy atom. The van der Waals surface area contributed by atoms with Crippen LogP contribution in [0.1, 0.15) is 32.6 Å². The van der Waals surface area contributed by atoms with Crippen LogP contribution in [0.4, 0.5) is 0 Å². The van der Waals surface area contributed by atoms with Gasteiger partial charge >= 0.3 is 0 Å². The van der Waals surface area contributed by atoms with Crippen molar-refractivity contribution in [1.29, 1.82) is 0 Å². The fourth-order valence-corrected chi connectivity index (χ4v) is 7.14. The van der Waals surface area contributed by atoms with Gasteiger partial charge in [-0.3, -0.25) is 0 Å². The van der Waals surface area contributed by atoms with E-state index in [4.69, 9.17) is 0 Å². The van der Waals surface area contributed by atoms with Gasteiger partial charge in [0, 0.05) is 6.42 Å². The Bertz CT molecular complexity index is 658. The van der Waals surface area contributed by atoms with E-state index < -0.39 is 7.26 Å². The Labute approximate surface area is 147 Å². The van der Waals surface area contributed by atoms with Crippen molar-refractivity contribution < 1.29 is 0 Å². The molecule has 3 rings (SSSR count). The van der Waals surface area contributed by atoms with Crippen LogP contribution in [0.2, 0.25) is 0 Å². The molecule has 0 spiro atoms. The molecule has 0 heterocycles. The normalized spacial score (nSPS) is 17.6. The zero-order valence-corrected chi connectivity index (χ0v) is 15.8. The minimum absolute atomic E-state index is 0.705. The molecule has 0 N–H and O–H groups in total. The molecule has 124 valence electrons. The minimum Gasteiger partial charge on any atom is -0.0808 e. The summed E-state index contributed by atoms with van der Waals surface area (Å²) in [6, 6.07) is 22.3. The van der Waals surface area contributed by atoms with Gasteiger partial charge in [0.25, 0.3) is 0 Å². The lowest BCUT2D eigenvalue weighted by atomic mass is 9.95. The summed E-state index contributed by atoms with van der Waals surface area (Å²) in [5, 5.41) is 4.63. The summed E-state index contributed by atoms with van der Waals surface area (Å²) in [7, 11) is -1.51. The SMILES string of the molecule is CCCCC1C=CC=C([P+](C)(c2ccccc2)c2ccccc2)C1. The van der Waals surface area contributed by atoms with Crippen LogP contribution in [0.15, 0.2) is 84.2 Å². The first kappa shape index (κ1) is 17.2. The Hall–Kier alpha value is -1.65. The number of hydrogen-bond donors (Lipinski definition) is 0. The summed E-state index contributed by atoms with van der Waals surface area (Å²) in [4.78, 5) is 0. The Morgan fingerprint density at radius 3 is 2.04 bits per heavy atom. The summed E-state index contributed by atoms with van der Waals surface area (Å²) in [5.74, 6) is 0.705. The van der Waals surface area contributed by atoms with Gasteiger partial charge in [0.2, 0.25) is 0 Å². The van der Waals surface area contributed by atoms with Crippen LogP contribution in [0.5, 0.6) is 0 Å². The average Bonchev–Trinajstić information content (AvgIpc) is 2.67. The van der Waals surface area contributed by atoms with E-state index in [1.807, 2.05) is 0 Å². The second kappa shape index (κ2) is 7.95. The van der Waals surface area contributed by atoms with Crippen LogP contribution in [-0.4, -0.2) is 6.66 Å². The zero-order valence-electron chi connectivity index (χ0n) is 14.9. The van der Waals surface area contributed by atoms with E-state index in [0.29, 0.717) is 5.92 Å². The molecule has 0 bridgehead atoms. The monoisotopic (exact) mass is 335 g/mol. The molecule has 2 aromatic carbocycles. The molecule has 1 heteroatoms. The first-order valence-electron chi connectivity index (χ1n) is 9.11. The van der Waals surface area contributed by atoms with Crippen molar-refractivity contribution >= 4 is 17.9 Å². The maximum atomic E-state index is 2.50. The van der Waals surface area contributed by atoms with Crippen LogP contribution in [-0.2, 0) is 0 Å². The quantitative estimate of drug-likeness (QED) is 0.574. The Balaban J connectivity index is 2.00.